The van der Waals surface area contributed by atoms with Crippen molar-refractivity contribution in [3.05, 3.63) is 29.8 Å². The number of nitrogens with zero attached hydrogens (tertiary/aromatic N) is 1. The number of carbonyl (C=O) groups excluding carboxylic acids is 1. The lowest BCUT2D eigenvalue weighted by atomic mass is 9.98. The van der Waals surface area contributed by atoms with E-state index in [4.69, 9.17) is 9.84 Å². The van der Waals surface area contributed by atoms with Gasteiger partial charge in [0.25, 0.3) is 5.91 Å². The molecule has 116 valence electrons. The van der Waals surface area contributed by atoms with E-state index in [0.29, 0.717) is 11.8 Å². The molecule has 1 aromatic carbocycles. The van der Waals surface area contributed by atoms with Crippen LogP contribution in [0.15, 0.2) is 24.3 Å². The molecule has 1 aromatic rings. The SMILES string of the molecule is CC(C)c1ccccc1OCC(=O)N1CCC(CO)CC1. The number of benzene rings is 1. The molecule has 4 heteroatoms. The number of ether oxygens (including phenoxy) is 1. The van der Waals surface area contributed by atoms with Crippen LogP contribution in [-0.2, 0) is 4.79 Å². The van der Waals surface area contributed by atoms with E-state index < -0.39 is 0 Å². The Balaban J connectivity index is 1.87. The molecule has 1 aliphatic heterocycles. The zero-order valence-corrected chi connectivity index (χ0v) is 12.9. The zero-order chi connectivity index (χ0) is 15.2. The molecule has 1 heterocycles. The predicted octanol–water partition coefficient (Wildman–Crippen LogP) is 2.42. The van der Waals surface area contributed by atoms with Crippen molar-refractivity contribution >= 4 is 5.91 Å². The zero-order valence-electron chi connectivity index (χ0n) is 12.9. The summed E-state index contributed by atoms with van der Waals surface area (Å²) in [4.78, 5) is 14.0. The molecule has 0 aromatic heterocycles. The Labute approximate surface area is 126 Å². The normalized spacial score (nSPS) is 16.3. The average molecular weight is 291 g/mol. The van der Waals surface area contributed by atoms with Gasteiger partial charge in [0.05, 0.1) is 0 Å². The summed E-state index contributed by atoms with van der Waals surface area (Å²) in [5.74, 6) is 1.55. The predicted molar refractivity (Wildman–Crippen MR) is 82.4 cm³/mol. The molecule has 0 atom stereocenters. The second-order valence-electron chi connectivity index (χ2n) is 5.99. The smallest absolute Gasteiger partial charge is 0.260 e. The maximum Gasteiger partial charge on any atom is 0.260 e. The molecular formula is C17H25NO3. The van der Waals surface area contributed by atoms with Gasteiger partial charge in [0.15, 0.2) is 6.61 Å². The second-order valence-corrected chi connectivity index (χ2v) is 5.99. The van der Waals surface area contributed by atoms with Crippen LogP contribution in [0.4, 0.5) is 0 Å². The molecule has 0 bridgehead atoms. The minimum atomic E-state index is 0.0324. The number of amides is 1. The van der Waals surface area contributed by atoms with Crippen molar-refractivity contribution in [3.63, 3.8) is 0 Å². The van der Waals surface area contributed by atoms with Crippen molar-refractivity contribution in [2.24, 2.45) is 5.92 Å². The number of aliphatic hydroxyl groups excluding tert-OH is 1. The number of likely N-dealkylation sites (tertiary alicyclic amines) is 1. The first-order chi connectivity index (χ1) is 10.1. The van der Waals surface area contributed by atoms with Crippen molar-refractivity contribution in [2.75, 3.05) is 26.3 Å². The number of carbonyl (C=O) groups is 1. The first-order valence-electron chi connectivity index (χ1n) is 7.72. The van der Waals surface area contributed by atoms with E-state index in [9.17, 15) is 4.79 Å². The highest BCUT2D eigenvalue weighted by Crippen LogP contribution is 2.26. The molecule has 0 unspecified atom stereocenters. The maximum absolute atomic E-state index is 12.2. The van der Waals surface area contributed by atoms with Crippen LogP contribution < -0.4 is 4.74 Å². The molecule has 0 spiro atoms. The Kier molecular flexibility index (Phi) is 5.62. The van der Waals surface area contributed by atoms with Gasteiger partial charge in [-0.15, -0.1) is 0 Å². The van der Waals surface area contributed by atoms with Gasteiger partial charge in [0.1, 0.15) is 5.75 Å². The van der Waals surface area contributed by atoms with Crippen LogP contribution in [-0.4, -0.2) is 42.2 Å². The molecular weight excluding hydrogens is 266 g/mol. The Hall–Kier alpha value is -1.55. The molecule has 1 saturated heterocycles. The van der Waals surface area contributed by atoms with E-state index in [1.807, 2.05) is 29.2 Å². The van der Waals surface area contributed by atoms with E-state index in [-0.39, 0.29) is 19.1 Å². The van der Waals surface area contributed by atoms with Gasteiger partial charge >= 0.3 is 0 Å². The van der Waals surface area contributed by atoms with Crippen molar-refractivity contribution < 1.29 is 14.6 Å². The van der Waals surface area contributed by atoms with Crippen molar-refractivity contribution in [1.82, 2.24) is 4.90 Å². The number of para-hydroxylation sites is 1. The van der Waals surface area contributed by atoms with Gasteiger partial charge in [-0.3, -0.25) is 4.79 Å². The van der Waals surface area contributed by atoms with Crippen LogP contribution in [0.3, 0.4) is 0 Å². The van der Waals surface area contributed by atoms with Crippen LogP contribution in [0.1, 0.15) is 38.2 Å². The lowest BCUT2D eigenvalue weighted by Crippen LogP contribution is -2.41. The minimum Gasteiger partial charge on any atom is -0.483 e. The molecule has 0 radical (unpaired) electrons. The van der Waals surface area contributed by atoms with Gasteiger partial charge in [-0.1, -0.05) is 32.0 Å². The molecule has 1 aliphatic rings. The standard InChI is InChI=1S/C17H25NO3/c1-13(2)15-5-3-4-6-16(15)21-12-17(20)18-9-7-14(11-19)8-10-18/h3-6,13-14,19H,7-12H2,1-2H3. The fraction of sp³-hybridized carbons (Fsp3) is 0.588. The third kappa shape index (κ3) is 4.21. The lowest BCUT2D eigenvalue weighted by molar-refractivity contribution is -0.135. The molecule has 21 heavy (non-hydrogen) atoms. The molecule has 2 rings (SSSR count). The summed E-state index contributed by atoms with van der Waals surface area (Å²) in [6.07, 6.45) is 1.76. The quantitative estimate of drug-likeness (QED) is 0.906. The fourth-order valence-electron chi connectivity index (χ4n) is 2.68. The Morgan fingerprint density at radius 2 is 2.00 bits per heavy atom. The average Bonchev–Trinajstić information content (AvgIpc) is 2.52. The van der Waals surface area contributed by atoms with E-state index >= 15 is 0 Å². The first-order valence-corrected chi connectivity index (χ1v) is 7.72. The minimum absolute atomic E-state index is 0.0324. The number of hydrogen-bond acceptors (Lipinski definition) is 3. The monoisotopic (exact) mass is 291 g/mol. The Morgan fingerprint density at radius 3 is 2.62 bits per heavy atom. The fourth-order valence-corrected chi connectivity index (χ4v) is 2.68. The van der Waals surface area contributed by atoms with E-state index in [1.54, 1.807) is 0 Å². The molecule has 1 fully saturated rings. The van der Waals surface area contributed by atoms with E-state index in [2.05, 4.69) is 13.8 Å². The van der Waals surface area contributed by atoms with Crippen LogP contribution in [0.25, 0.3) is 0 Å². The Bertz CT molecular complexity index is 465. The lowest BCUT2D eigenvalue weighted by Gasteiger charge is -2.31. The Morgan fingerprint density at radius 1 is 1.33 bits per heavy atom. The van der Waals surface area contributed by atoms with Crippen molar-refractivity contribution in [1.29, 1.82) is 0 Å². The maximum atomic E-state index is 12.2. The van der Waals surface area contributed by atoms with Gasteiger partial charge in [0, 0.05) is 19.7 Å². The molecule has 1 N–H and O–H groups in total. The first kappa shape index (κ1) is 15.8. The summed E-state index contributed by atoms with van der Waals surface area (Å²) in [5, 5.41) is 9.12. The van der Waals surface area contributed by atoms with Crippen molar-refractivity contribution in [3.8, 4) is 5.75 Å². The van der Waals surface area contributed by atoms with Crippen LogP contribution >= 0.6 is 0 Å². The van der Waals surface area contributed by atoms with Crippen molar-refractivity contribution in [2.45, 2.75) is 32.6 Å². The largest absolute Gasteiger partial charge is 0.483 e. The number of rotatable bonds is 5. The summed E-state index contributed by atoms with van der Waals surface area (Å²) in [6.45, 7) is 5.99. The van der Waals surface area contributed by atoms with Gasteiger partial charge in [-0.25, -0.2) is 0 Å². The van der Waals surface area contributed by atoms with Crippen LogP contribution in [0, 0.1) is 5.92 Å². The number of hydrogen-bond donors (Lipinski definition) is 1. The molecule has 0 aliphatic carbocycles. The van der Waals surface area contributed by atoms with E-state index in [0.717, 1.165) is 37.2 Å². The molecule has 1 amide bonds. The van der Waals surface area contributed by atoms with Gasteiger partial charge < -0.3 is 14.7 Å². The summed E-state index contributed by atoms with van der Waals surface area (Å²) in [7, 11) is 0. The third-order valence-electron chi connectivity index (χ3n) is 4.12. The third-order valence-corrected chi connectivity index (χ3v) is 4.12. The number of aliphatic hydroxyl groups is 1. The second kappa shape index (κ2) is 7.46. The van der Waals surface area contributed by atoms with Gasteiger partial charge in [0.2, 0.25) is 0 Å². The topological polar surface area (TPSA) is 49.8 Å². The summed E-state index contributed by atoms with van der Waals surface area (Å²) >= 11 is 0. The summed E-state index contributed by atoms with van der Waals surface area (Å²) < 4.78 is 5.73. The highest BCUT2D eigenvalue weighted by Gasteiger charge is 2.22. The highest BCUT2D eigenvalue weighted by molar-refractivity contribution is 5.77. The van der Waals surface area contributed by atoms with Crippen LogP contribution in [0.5, 0.6) is 5.75 Å². The van der Waals surface area contributed by atoms with E-state index in [1.165, 1.54) is 0 Å². The van der Waals surface area contributed by atoms with Crippen LogP contribution in [0.2, 0.25) is 0 Å². The van der Waals surface area contributed by atoms with Gasteiger partial charge in [-0.05, 0) is 36.3 Å². The van der Waals surface area contributed by atoms with Gasteiger partial charge in [-0.2, -0.15) is 0 Å². The summed E-state index contributed by atoms with van der Waals surface area (Å²) in [6, 6.07) is 7.87. The number of piperidine rings is 1. The highest BCUT2D eigenvalue weighted by atomic mass is 16.5. The molecule has 0 saturated carbocycles. The molecule has 4 nitrogen and oxygen atoms in total. The summed E-state index contributed by atoms with van der Waals surface area (Å²) in [5.41, 5.74) is 1.13.